The number of nitrogens with zero attached hydrogens (tertiary/aromatic N) is 5. The molecule has 0 aliphatic carbocycles. The van der Waals surface area contributed by atoms with Crippen molar-refractivity contribution in [1.82, 2.24) is 25.1 Å². The molecule has 0 radical (unpaired) electrons. The van der Waals surface area contributed by atoms with Gasteiger partial charge in [0.2, 0.25) is 5.82 Å². The number of ether oxygens (including phenoxy) is 1. The number of tetrazole rings is 1. The quantitative estimate of drug-likeness (QED) is 0.761. The zero-order valence-electron chi connectivity index (χ0n) is 15.7. The van der Waals surface area contributed by atoms with E-state index in [4.69, 9.17) is 9.15 Å². The Hall–Kier alpha value is -2.26. The summed E-state index contributed by atoms with van der Waals surface area (Å²) in [4.78, 5) is 15.7. The van der Waals surface area contributed by atoms with Crippen LogP contribution < -0.4 is 4.90 Å². The Morgan fingerprint density at radius 1 is 1.41 bits per heavy atom. The number of rotatable bonds is 6. The van der Waals surface area contributed by atoms with Gasteiger partial charge >= 0.3 is 0 Å². The summed E-state index contributed by atoms with van der Waals surface area (Å²) in [5.74, 6) is 1.30. The van der Waals surface area contributed by atoms with Crippen LogP contribution in [0.25, 0.3) is 0 Å². The zero-order valence-corrected chi connectivity index (χ0v) is 15.7. The highest BCUT2D eigenvalue weighted by atomic mass is 16.5. The lowest BCUT2D eigenvalue weighted by molar-refractivity contribution is -0.936. The third-order valence-electron chi connectivity index (χ3n) is 5.60. The van der Waals surface area contributed by atoms with Gasteiger partial charge in [-0.05, 0) is 35.4 Å². The van der Waals surface area contributed by atoms with Crippen molar-refractivity contribution in [2.45, 2.75) is 44.9 Å². The first-order valence-electron chi connectivity index (χ1n) is 9.81. The minimum Gasteiger partial charge on any atom is -0.459 e. The van der Waals surface area contributed by atoms with Gasteiger partial charge in [0.15, 0.2) is 5.76 Å². The van der Waals surface area contributed by atoms with E-state index in [1.54, 1.807) is 12.1 Å². The van der Waals surface area contributed by atoms with Gasteiger partial charge in [0.05, 0.1) is 45.1 Å². The number of carbonyl (C=O) groups excluding carboxylic acids is 1. The first-order valence-corrected chi connectivity index (χ1v) is 9.81. The topological polar surface area (TPSA) is 90.7 Å². The van der Waals surface area contributed by atoms with Crippen molar-refractivity contribution in [3.8, 4) is 0 Å². The smallest absolute Gasteiger partial charge is 0.289 e. The van der Waals surface area contributed by atoms with Crippen molar-refractivity contribution in [2.24, 2.45) is 0 Å². The number of furan rings is 1. The first kappa shape index (κ1) is 18.1. The Morgan fingerprint density at radius 2 is 2.26 bits per heavy atom. The third-order valence-corrected chi connectivity index (χ3v) is 5.60. The third kappa shape index (κ3) is 3.89. The first-order chi connectivity index (χ1) is 13.3. The molecule has 9 nitrogen and oxygen atoms in total. The number of piperazine rings is 1. The van der Waals surface area contributed by atoms with Crippen LogP contribution in [-0.2, 0) is 11.3 Å². The van der Waals surface area contributed by atoms with Crippen molar-refractivity contribution < 1.29 is 18.8 Å². The predicted octanol–water partition coefficient (Wildman–Crippen LogP) is -0.0629. The van der Waals surface area contributed by atoms with Gasteiger partial charge in [0, 0.05) is 13.0 Å². The van der Waals surface area contributed by atoms with E-state index in [1.807, 2.05) is 9.58 Å². The van der Waals surface area contributed by atoms with Gasteiger partial charge < -0.3 is 19.0 Å². The monoisotopic (exact) mass is 375 g/mol. The Balaban J connectivity index is 1.39. The molecule has 2 aromatic heterocycles. The largest absolute Gasteiger partial charge is 0.459 e. The van der Waals surface area contributed by atoms with E-state index >= 15 is 0 Å². The van der Waals surface area contributed by atoms with Crippen molar-refractivity contribution in [1.29, 1.82) is 0 Å². The lowest BCUT2D eigenvalue weighted by Gasteiger charge is -2.35. The van der Waals surface area contributed by atoms with Crippen molar-refractivity contribution in [3.05, 3.63) is 30.0 Å². The summed E-state index contributed by atoms with van der Waals surface area (Å²) < 4.78 is 12.9. The molecule has 0 aromatic carbocycles. The minimum atomic E-state index is -0.0321. The van der Waals surface area contributed by atoms with Crippen LogP contribution in [0.4, 0.5) is 0 Å². The molecule has 2 fully saturated rings. The van der Waals surface area contributed by atoms with E-state index in [1.165, 1.54) is 11.2 Å². The van der Waals surface area contributed by atoms with Crippen LogP contribution >= 0.6 is 0 Å². The van der Waals surface area contributed by atoms with E-state index in [9.17, 15) is 4.79 Å². The number of hydrogen-bond acceptors (Lipinski definition) is 6. The molecule has 0 saturated carbocycles. The van der Waals surface area contributed by atoms with E-state index < -0.39 is 0 Å². The SMILES string of the molecule is CC[C@H](c1nnnn1C[C@@H]1CCCO1)[NH+]1CCN(C(=O)c2ccco2)CC1. The van der Waals surface area contributed by atoms with Crippen LogP contribution in [0.15, 0.2) is 22.8 Å². The van der Waals surface area contributed by atoms with Gasteiger partial charge in [-0.1, -0.05) is 6.92 Å². The van der Waals surface area contributed by atoms with Gasteiger partial charge in [-0.3, -0.25) is 4.79 Å². The number of aromatic nitrogens is 4. The summed E-state index contributed by atoms with van der Waals surface area (Å²) >= 11 is 0. The van der Waals surface area contributed by atoms with E-state index in [-0.39, 0.29) is 18.1 Å². The number of amides is 1. The molecule has 2 aliphatic heterocycles. The summed E-state index contributed by atoms with van der Waals surface area (Å²) in [7, 11) is 0. The van der Waals surface area contributed by atoms with E-state index in [0.29, 0.717) is 18.8 Å². The van der Waals surface area contributed by atoms with Gasteiger partial charge in [-0.2, -0.15) is 0 Å². The number of carbonyl (C=O) groups is 1. The lowest BCUT2D eigenvalue weighted by Crippen LogP contribution is -3.15. The lowest BCUT2D eigenvalue weighted by atomic mass is 10.1. The normalized spacial score (nSPS) is 22.3. The highest BCUT2D eigenvalue weighted by molar-refractivity contribution is 5.91. The molecular weight excluding hydrogens is 348 g/mol. The molecule has 4 heterocycles. The van der Waals surface area contributed by atoms with Crippen molar-refractivity contribution in [2.75, 3.05) is 32.8 Å². The molecule has 146 valence electrons. The van der Waals surface area contributed by atoms with Crippen LogP contribution in [-0.4, -0.2) is 69.9 Å². The fourth-order valence-corrected chi connectivity index (χ4v) is 4.13. The second-order valence-electron chi connectivity index (χ2n) is 7.24. The standard InChI is InChI=1S/C18H26N6O3/c1-2-15(17-19-20-21-24(17)13-14-5-3-11-26-14)22-7-9-23(10-8-22)18(25)16-6-4-12-27-16/h4,6,12,14-15H,2-3,5,7-11,13H2,1H3/p+1/t14-,15+/m0/s1. The Labute approximate surface area is 158 Å². The van der Waals surface area contributed by atoms with Gasteiger partial charge in [0.1, 0.15) is 6.04 Å². The molecule has 9 heteroatoms. The molecule has 27 heavy (non-hydrogen) atoms. The molecule has 0 bridgehead atoms. The maximum absolute atomic E-state index is 12.5. The molecule has 0 spiro atoms. The fraction of sp³-hybridized carbons (Fsp3) is 0.667. The molecule has 2 saturated heterocycles. The second-order valence-corrected chi connectivity index (χ2v) is 7.24. The maximum atomic E-state index is 12.5. The predicted molar refractivity (Wildman–Crippen MR) is 95.1 cm³/mol. The maximum Gasteiger partial charge on any atom is 0.289 e. The molecule has 2 aromatic rings. The minimum absolute atomic E-state index is 0.0321. The van der Waals surface area contributed by atoms with E-state index in [0.717, 1.165) is 51.3 Å². The fourth-order valence-electron chi connectivity index (χ4n) is 4.13. The molecule has 1 amide bonds. The van der Waals surface area contributed by atoms with Crippen LogP contribution in [0.3, 0.4) is 0 Å². The zero-order chi connectivity index (χ0) is 18.6. The molecule has 1 N–H and O–H groups in total. The number of nitrogens with one attached hydrogen (secondary N) is 1. The summed E-state index contributed by atoms with van der Waals surface area (Å²) in [5, 5.41) is 12.5. The van der Waals surface area contributed by atoms with Crippen LogP contribution in [0.2, 0.25) is 0 Å². The molecule has 2 atom stereocenters. The highest BCUT2D eigenvalue weighted by Crippen LogP contribution is 2.17. The van der Waals surface area contributed by atoms with Gasteiger partial charge in [-0.15, -0.1) is 5.10 Å². The van der Waals surface area contributed by atoms with Crippen molar-refractivity contribution in [3.63, 3.8) is 0 Å². The molecule has 0 unspecified atom stereocenters. The van der Waals surface area contributed by atoms with Crippen LogP contribution in [0.1, 0.15) is 48.6 Å². The van der Waals surface area contributed by atoms with Crippen LogP contribution in [0.5, 0.6) is 0 Å². The molecule has 4 rings (SSSR count). The van der Waals surface area contributed by atoms with Crippen molar-refractivity contribution >= 4 is 5.91 Å². The Bertz CT molecular complexity index is 732. The molecular formula is C18H27N6O3+. The summed E-state index contributed by atoms with van der Waals surface area (Å²) in [5.41, 5.74) is 0. The highest BCUT2D eigenvalue weighted by Gasteiger charge is 2.34. The van der Waals surface area contributed by atoms with E-state index in [2.05, 4.69) is 22.4 Å². The van der Waals surface area contributed by atoms with Gasteiger partial charge in [-0.25, -0.2) is 4.68 Å². The average Bonchev–Trinajstić information content (AvgIpc) is 3.46. The Kier molecular flexibility index (Phi) is 5.49. The van der Waals surface area contributed by atoms with Gasteiger partial charge in [0.25, 0.3) is 5.91 Å². The average molecular weight is 375 g/mol. The Morgan fingerprint density at radius 3 is 2.93 bits per heavy atom. The summed E-state index contributed by atoms with van der Waals surface area (Å²) in [6.45, 7) is 6.88. The van der Waals surface area contributed by atoms with Crippen LogP contribution in [0, 0.1) is 0 Å². The molecule has 2 aliphatic rings. The number of hydrogen-bond donors (Lipinski definition) is 1. The number of quaternary nitrogens is 1. The summed E-state index contributed by atoms with van der Waals surface area (Å²) in [6, 6.07) is 3.69. The second kappa shape index (κ2) is 8.18. The summed E-state index contributed by atoms with van der Waals surface area (Å²) in [6.07, 6.45) is 4.87.